The summed E-state index contributed by atoms with van der Waals surface area (Å²) in [5.74, 6) is 6.01. The third-order valence-corrected chi connectivity index (χ3v) is 3.61. The standard InChI is InChI=1S/C10H17BrN4S/c1-2-6-13-10(15-12)14-7-5-8-3-4-9(11)16-8/h3-4H,2,5-7,12H2,1H3,(H2,13,14,15). The maximum Gasteiger partial charge on any atom is 0.205 e. The molecule has 4 nitrogen and oxygen atoms in total. The molecular formula is C10H17BrN4S. The topological polar surface area (TPSA) is 62.4 Å². The zero-order valence-corrected chi connectivity index (χ0v) is 11.7. The first-order chi connectivity index (χ1) is 7.76. The smallest absolute Gasteiger partial charge is 0.205 e. The molecule has 16 heavy (non-hydrogen) atoms. The molecule has 0 saturated carbocycles. The maximum atomic E-state index is 5.35. The Hall–Kier alpha value is -0.590. The molecule has 6 heteroatoms. The lowest BCUT2D eigenvalue weighted by Crippen LogP contribution is -2.42. The zero-order chi connectivity index (χ0) is 11.8. The SMILES string of the molecule is CCCN=C(NN)NCCc1ccc(Br)s1. The van der Waals surface area contributed by atoms with Crippen molar-refractivity contribution in [3.63, 3.8) is 0 Å². The van der Waals surface area contributed by atoms with E-state index < -0.39 is 0 Å². The first kappa shape index (κ1) is 13.5. The normalized spacial score (nSPS) is 11.6. The van der Waals surface area contributed by atoms with Crippen LogP contribution in [0.3, 0.4) is 0 Å². The number of thiophene rings is 1. The van der Waals surface area contributed by atoms with Crippen molar-refractivity contribution in [3.05, 3.63) is 20.8 Å². The summed E-state index contributed by atoms with van der Waals surface area (Å²) in [5, 5.41) is 3.17. The first-order valence-electron chi connectivity index (χ1n) is 5.25. The van der Waals surface area contributed by atoms with Gasteiger partial charge in [-0.25, -0.2) is 5.84 Å². The van der Waals surface area contributed by atoms with Gasteiger partial charge in [0.2, 0.25) is 5.96 Å². The molecule has 0 amide bonds. The predicted octanol–water partition coefficient (Wildman–Crippen LogP) is 1.87. The summed E-state index contributed by atoms with van der Waals surface area (Å²) in [7, 11) is 0. The summed E-state index contributed by atoms with van der Waals surface area (Å²) in [6, 6.07) is 4.18. The highest BCUT2D eigenvalue weighted by Crippen LogP contribution is 2.21. The third kappa shape index (κ3) is 4.96. The van der Waals surface area contributed by atoms with Gasteiger partial charge in [-0.3, -0.25) is 10.4 Å². The second kappa shape index (κ2) is 7.65. The highest BCUT2D eigenvalue weighted by Gasteiger charge is 1.98. The number of nitrogens with zero attached hydrogens (tertiary/aromatic N) is 1. The van der Waals surface area contributed by atoms with Crippen LogP contribution in [0.5, 0.6) is 0 Å². The number of nitrogens with one attached hydrogen (secondary N) is 2. The quantitative estimate of drug-likeness (QED) is 0.337. The fourth-order valence-corrected chi connectivity index (χ4v) is 2.65. The van der Waals surface area contributed by atoms with E-state index in [1.807, 2.05) is 0 Å². The van der Waals surface area contributed by atoms with E-state index in [0.717, 1.165) is 25.9 Å². The number of hydrazine groups is 1. The van der Waals surface area contributed by atoms with Crippen molar-refractivity contribution in [1.29, 1.82) is 0 Å². The molecule has 0 radical (unpaired) electrons. The van der Waals surface area contributed by atoms with Gasteiger partial charge in [0.15, 0.2) is 0 Å². The van der Waals surface area contributed by atoms with Crippen LogP contribution in [0.25, 0.3) is 0 Å². The van der Waals surface area contributed by atoms with E-state index in [4.69, 9.17) is 5.84 Å². The Morgan fingerprint density at radius 3 is 2.94 bits per heavy atom. The summed E-state index contributed by atoms with van der Waals surface area (Å²) in [5.41, 5.74) is 2.56. The van der Waals surface area contributed by atoms with Gasteiger partial charge in [0.05, 0.1) is 3.79 Å². The summed E-state index contributed by atoms with van der Waals surface area (Å²) in [6.07, 6.45) is 1.99. The molecule has 0 spiro atoms. The minimum absolute atomic E-state index is 0.664. The number of nitrogens with two attached hydrogens (primary N) is 1. The Kier molecular flexibility index (Phi) is 6.44. The molecule has 0 bridgehead atoms. The Balaban J connectivity index is 2.28. The molecular weight excluding hydrogens is 288 g/mol. The average molecular weight is 305 g/mol. The van der Waals surface area contributed by atoms with Crippen molar-refractivity contribution >= 4 is 33.2 Å². The van der Waals surface area contributed by atoms with Crippen LogP contribution in [0.1, 0.15) is 18.2 Å². The van der Waals surface area contributed by atoms with Crippen molar-refractivity contribution in [2.24, 2.45) is 10.8 Å². The van der Waals surface area contributed by atoms with E-state index in [0.29, 0.717) is 5.96 Å². The molecule has 0 saturated heterocycles. The van der Waals surface area contributed by atoms with Gasteiger partial charge >= 0.3 is 0 Å². The first-order valence-corrected chi connectivity index (χ1v) is 6.86. The van der Waals surface area contributed by atoms with Gasteiger partial charge in [-0.05, 0) is 40.9 Å². The van der Waals surface area contributed by atoms with Gasteiger partial charge in [0.25, 0.3) is 0 Å². The number of aliphatic imine (C=N–C) groups is 1. The molecule has 0 aromatic carbocycles. The molecule has 1 heterocycles. The lowest BCUT2D eigenvalue weighted by Gasteiger charge is -2.07. The molecule has 90 valence electrons. The minimum Gasteiger partial charge on any atom is -0.355 e. The molecule has 1 aromatic rings. The average Bonchev–Trinajstić information content (AvgIpc) is 2.69. The molecule has 0 fully saturated rings. The summed E-state index contributed by atoms with van der Waals surface area (Å²) in [4.78, 5) is 5.60. The van der Waals surface area contributed by atoms with E-state index in [-0.39, 0.29) is 0 Å². The van der Waals surface area contributed by atoms with Crippen LogP contribution in [0, 0.1) is 0 Å². The summed E-state index contributed by atoms with van der Waals surface area (Å²) >= 11 is 5.19. The van der Waals surface area contributed by atoms with Crippen LogP contribution in [0.15, 0.2) is 20.9 Å². The zero-order valence-electron chi connectivity index (χ0n) is 9.29. The largest absolute Gasteiger partial charge is 0.355 e. The Morgan fingerprint density at radius 1 is 1.56 bits per heavy atom. The molecule has 4 N–H and O–H groups in total. The van der Waals surface area contributed by atoms with E-state index in [9.17, 15) is 0 Å². The number of guanidine groups is 1. The number of hydrogen-bond donors (Lipinski definition) is 3. The third-order valence-electron chi connectivity index (χ3n) is 1.92. The maximum absolute atomic E-state index is 5.35. The number of halogens is 1. The molecule has 0 unspecified atom stereocenters. The lowest BCUT2D eigenvalue weighted by molar-refractivity contribution is 0.804. The summed E-state index contributed by atoms with van der Waals surface area (Å²) < 4.78 is 1.17. The molecule has 1 rings (SSSR count). The fraction of sp³-hybridized carbons (Fsp3) is 0.500. The second-order valence-corrected chi connectivity index (χ2v) is 5.80. The monoisotopic (exact) mass is 304 g/mol. The molecule has 0 aliphatic heterocycles. The minimum atomic E-state index is 0.664. The summed E-state index contributed by atoms with van der Waals surface area (Å²) in [6.45, 7) is 3.71. The Labute approximate surface area is 108 Å². The van der Waals surface area contributed by atoms with Gasteiger partial charge < -0.3 is 5.32 Å². The van der Waals surface area contributed by atoms with Crippen molar-refractivity contribution in [1.82, 2.24) is 10.7 Å². The van der Waals surface area contributed by atoms with Crippen molar-refractivity contribution in [2.75, 3.05) is 13.1 Å². The second-order valence-electron chi connectivity index (χ2n) is 3.26. The van der Waals surface area contributed by atoms with Gasteiger partial charge in [0, 0.05) is 18.0 Å². The van der Waals surface area contributed by atoms with E-state index in [2.05, 4.69) is 50.7 Å². The van der Waals surface area contributed by atoms with Crippen LogP contribution >= 0.6 is 27.3 Å². The highest BCUT2D eigenvalue weighted by molar-refractivity contribution is 9.11. The van der Waals surface area contributed by atoms with Crippen LogP contribution in [0.4, 0.5) is 0 Å². The van der Waals surface area contributed by atoms with Gasteiger partial charge in [-0.2, -0.15) is 0 Å². The van der Waals surface area contributed by atoms with Crippen LogP contribution in [-0.2, 0) is 6.42 Å². The van der Waals surface area contributed by atoms with E-state index in [1.54, 1.807) is 11.3 Å². The van der Waals surface area contributed by atoms with E-state index in [1.165, 1.54) is 8.66 Å². The van der Waals surface area contributed by atoms with Crippen molar-refractivity contribution < 1.29 is 0 Å². The predicted molar refractivity (Wildman–Crippen MR) is 73.6 cm³/mol. The van der Waals surface area contributed by atoms with Crippen molar-refractivity contribution in [3.8, 4) is 0 Å². The molecule has 1 aromatic heterocycles. The van der Waals surface area contributed by atoms with Crippen LogP contribution in [-0.4, -0.2) is 19.0 Å². The highest BCUT2D eigenvalue weighted by atomic mass is 79.9. The Bertz CT molecular complexity index is 337. The van der Waals surface area contributed by atoms with Crippen LogP contribution in [0.2, 0.25) is 0 Å². The fourth-order valence-electron chi connectivity index (χ4n) is 1.17. The molecule has 0 atom stereocenters. The number of rotatable bonds is 5. The number of hydrogen-bond acceptors (Lipinski definition) is 3. The van der Waals surface area contributed by atoms with Gasteiger partial charge in [-0.15, -0.1) is 11.3 Å². The lowest BCUT2D eigenvalue weighted by atomic mass is 10.3. The molecule has 0 aliphatic rings. The Morgan fingerprint density at radius 2 is 2.38 bits per heavy atom. The van der Waals surface area contributed by atoms with Gasteiger partial charge in [0.1, 0.15) is 0 Å². The molecule has 0 aliphatic carbocycles. The van der Waals surface area contributed by atoms with Crippen molar-refractivity contribution in [2.45, 2.75) is 19.8 Å². The van der Waals surface area contributed by atoms with E-state index >= 15 is 0 Å². The van der Waals surface area contributed by atoms with Crippen LogP contribution < -0.4 is 16.6 Å². The van der Waals surface area contributed by atoms with Gasteiger partial charge in [-0.1, -0.05) is 6.92 Å².